The minimum Gasteiger partial charge on any atom is -0.399 e. The Balaban J connectivity index is 2.06. The summed E-state index contributed by atoms with van der Waals surface area (Å²) in [5.74, 6) is -9.67. The zero-order chi connectivity index (χ0) is 51.5. The standard InChI is InChI=1S/C45H69N13O11/c1-6-24(4)39-44(68)54-28(13-15-34(47)59)41(65)56-32(20-35(48)60)42(66)55-29(14-16-37(62)50-22-38(63)53-30(25(5)52-39)19-26-9-11-27(46)12-10-26)45(69)58-17-7-8-33(58)43(67)57-31(18-23(2)3)40(64)51-21-36(49)61/h9-12,23-24,28-33,39,52H,5-8,13-22,46H2,1-4H3,(H2,47,59)(H2,48,60)(H2,49,61)(H,50,62)(H,51,64)(H,53,63)(H,54,68)(H,55,66)(H,56,65)(H,57,67)/t24-,28-,29-,30-,31-,32-,33?,39-/m0/s1. The van der Waals surface area contributed by atoms with E-state index >= 15 is 0 Å². The Morgan fingerprint density at radius 2 is 1.45 bits per heavy atom. The van der Waals surface area contributed by atoms with Gasteiger partial charge in [-0.15, -0.1) is 0 Å². The van der Waals surface area contributed by atoms with Crippen LogP contribution >= 0.6 is 0 Å². The minimum absolute atomic E-state index is 0.0103. The Hall–Kier alpha value is -7.27. The molecule has 0 aliphatic carbocycles. The number of hydrogen-bond donors (Lipinski definition) is 12. The number of rotatable bonds is 17. The maximum absolute atomic E-state index is 14.5. The number of carbonyl (C=O) groups excluding carboxylic acids is 11. The molecule has 8 atom stereocenters. The van der Waals surface area contributed by atoms with Crippen molar-refractivity contribution in [1.29, 1.82) is 0 Å². The maximum atomic E-state index is 14.5. The summed E-state index contributed by atoms with van der Waals surface area (Å²) in [7, 11) is 0. The molecule has 0 saturated carbocycles. The van der Waals surface area contributed by atoms with Gasteiger partial charge in [-0.2, -0.15) is 0 Å². The molecule has 0 bridgehead atoms. The number of nitrogens with zero attached hydrogens (tertiary/aromatic N) is 1. The van der Waals surface area contributed by atoms with Gasteiger partial charge in [0.05, 0.1) is 25.6 Å². The number of anilines is 1. The highest BCUT2D eigenvalue weighted by molar-refractivity contribution is 5.99. The number of likely N-dealkylation sites (tertiary alicyclic amines) is 1. The van der Waals surface area contributed by atoms with Crippen LogP contribution < -0.4 is 65.5 Å². The van der Waals surface area contributed by atoms with Gasteiger partial charge in [-0.1, -0.05) is 52.8 Å². The highest BCUT2D eigenvalue weighted by Gasteiger charge is 2.40. The first kappa shape index (κ1) is 56.1. The average Bonchev–Trinajstić information content (AvgIpc) is 3.78. The molecule has 69 heavy (non-hydrogen) atoms. The van der Waals surface area contributed by atoms with Crippen molar-refractivity contribution in [2.24, 2.45) is 29.0 Å². The first-order chi connectivity index (χ1) is 32.5. The van der Waals surface area contributed by atoms with Gasteiger partial charge < -0.3 is 70.4 Å². The molecule has 2 fully saturated rings. The third-order valence-corrected chi connectivity index (χ3v) is 11.7. The highest BCUT2D eigenvalue weighted by Crippen LogP contribution is 2.21. The second-order valence-electron chi connectivity index (χ2n) is 17.8. The zero-order valence-corrected chi connectivity index (χ0v) is 39.7. The topological polar surface area (TPSA) is 391 Å². The molecule has 1 aromatic carbocycles. The molecule has 16 N–H and O–H groups in total. The number of amides is 11. The molecule has 24 nitrogen and oxygen atoms in total. The predicted molar refractivity (Wildman–Crippen MR) is 251 cm³/mol. The fourth-order valence-corrected chi connectivity index (χ4v) is 7.74. The number of benzene rings is 1. The number of hydrogen-bond acceptors (Lipinski definition) is 13. The lowest BCUT2D eigenvalue weighted by Gasteiger charge is -2.32. The molecule has 380 valence electrons. The third-order valence-electron chi connectivity index (χ3n) is 11.7. The predicted octanol–water partition coefficient (Wildman–Crippen LogP) is -3.56. The quantitative estimate of drug-likeness (QED) is 0.0674. The van der Waals surface area contributed by atoms with E-state index in [-0.39, 0.29) is 43.8 Å². The van der Waals surface area contributed by atoms with E-state index in [1.165, 1.54) is 4.90 Å². The second-order valence-corrected chi connectivity index (χ2v) is 17.8. The van der Waals surface area contributed by atoms with Crippen LogP contribution in [0.2, 0.25) is 0 Å². The van der Waals surface area contributed by atoms with E-state index in [4.69, 9.17) is 22.9 Å². The van der Waals surface area contributed by atoms with Crippen molar-refractivity contribution in [3.8, 4) is 0 Å². The first-order valence-electron chi connectivity index (χ1n) is 23.0. The summed E-state index contributed by atoms with van der Waals surface area (Å²) in [6, 6.07) is -2.30. The number of nitrogens with two attached hydrogens (primary N) is 4. The van der Waals surface area contributed by atoms with Crippen LogP contribution in [0.1, 0.15) is 91.0 Å². The molecule has 2 aliphatic rings. The Morgan fingerprint density at radius 1 is 0.797 bits per heavy atom. The Kier molecular flexibility index (Phi) is 21.9. The zero-order valence-electron chi connectivity index (χ0n) is 39.7. The summed E-state index contributed by atoms with van der Waals surface area (Å²) in [5, 5.41) is 21.0. The van der Waals surface area contributed by atoms with Crippen LogP contribution in [-0.4, -0.2) is 132 Å². The van der Waals surface area contributed by atoms with Crippen LogP contribution in [0.25, 0.3) is 0 Å². The van der Waals surface area contributed by atoms with E-state index in [1.54, 1.807) is 31.2 Å². The van der Waals surface area contributed by atoms with Gasteiger partial charge in [-0.25, -0.2) is 0 Å². The monoisotopic (exact) mass is 968 g/mol. The SMILES string of the molecule is C=C1N[C@@H]([C@@H](C)CC)C(=O)N[C@@H](CCC(N)=O)C(=O)N[C@@H](CC(N)=O)C(=O)N[C@H](C(=O)N2CCCC2C(=O)N[C@@H](CC(C)C)C(=O)NCC(N)=O)CCC(=O)NCC(=O)N[C@H]1Cc1ccc(N)cc1. The number of nitrogen functional groups attached to an aromatic ring is 1. The van der Waals surface area contributed by atoms with Gasteiger partial charge in [0.25, 0.3) is 0 Å². The molecular formula is C45H69N13O11. The fraction of sp³-hybridized carbons (Fsp3) is 0.578. The van der Waals surface area contributed by atoms with Crippen molar-refractivity contribution in [3.05, 3.63) is 42.1 Å². The molecule has 2 aliphatic heterocycles. The summed E-state index contributed by atoms with van der Waals surface area (Å²) in [6.07, 6.45) is -1.20. The van der Waals surface area contributed by atoms with Gasteiger partial charge in [0, 0.05) is 30.8 Å². The summed E-state index contributed by atoms with van der Waals surface area (Å²) >= 11 is 0. The first-order valence-corrected chi connectivity index (χ1v) is 23.0. The lowest BCUT2D eigenvalue weighted by atomic mass is 9.95. The van der Waals surface area contributed by atoms with Crippen LogP contribution in [0.4, 0.5) is 5.69 Å². The molecule has 1 aromatic rings. The van der Waals surface area contributed by atoms with Crippen molar-refractivity contribution in [3.63, 3.8) is 0 Å². The molecule has 0 aromatic heterocycles. The second kappa shape index (κ2) is 26.9. The van der Waals surface area contributed by atoms with Crippen molar-refractivity contribution in [2.45, 2.75) is 134 Å². The molecule has 1 unspecified atom stereocenters. The van der Waals surface area contributed by atoms with Crippen LogP contribution in [0, 0.1) is 11.8 Å². The van der Waals surface area contributed by atoms with E-state index < -0.39 is 152 Å². The van der Waals surface area contributed by atoms with E-state index in [9.17, 15) is 52.7 Å². The average molecular weight is 968 g/mol. The lowest BCUT2D eigenvalue weighted by Crippen LogP contribution is -2.60. The number of nitrogens with one attached hydrogen (secondary N) is 8. The summed E-state index contributed by atoms with van der Waals surface area (Å²) in [6.45, 7) is 10.3. The van der Waals surface area contributed by atoms with Gasteiger partial charge in [0.15, 0.2) is 0 Å². The molecule has 24 heteroatoms. The lowest BCUT2D eigenvalue weighted by molar-refractivity contribution is -0.143. The van der Waals surface area contributed by atoms with Crippen LogP contribution in [-0.2, 0) is 59.2 Å². The van der Waals surface area contributed by atoms with E-state index in [2.05, 4.69) is 49.1 Å². The molecule has 2 heterocycles. The summed E-state index contributed by atoms with van der Waals surface area (Å²) in [4.78, 5) is 147. The van der Waals surface area contributed by atoms with Crippen LogP contribution in [0.15, 0.2) is 36.5 Å². The van der Waals surface area contributed by atoms with E-state index in [0.29, 0.717) is 18.5 Å². The smallest absolute Gasteiger partial charge is 0.245 e. The van der Waals surface area contributed by atoms with E-state index in [1.807, 2.05) is 20.8 Å². The number of primary amides is 3. The normalized spacial score (nSPS) is 23.1. The Labute approximate surface area is 400 Å². The molecule has 0 spiro atoms. The van der Waals surface area contributed by atoms with Gasteiger partial charge in [0.2, 0.25) is 65.0 Å². The van der Waals surface area contributed by atoms with Crippen LogP contribution in [0.3, 0.4) is 0 Å². The molecule has 2 saturated heterocycles. The van der Waals surface area contributed by atoms with E-state index in [0.717, 1.165) is 5.56 Å². The third kappa shape index (κ3) is 18.4. The Bertz CT molecular complexity index is 2080. The van der Waals surface area contributed by atoms with Gasteiger partial charge in [0.1, 0.15) is 36.3 Å². The van der Waals surface area contributed by atoms with Crippen LogP contribution in [0.5, 0.6) is 0 Å². The minimum atomic E-state index is -1.77. The van der Waals surface area contributed by atoms with Crippen molar-refractivity contribution < 1.29 is 52.7 Å². The largest absolute Gasteiger partial charge is 0.399 e. The molecule has 11 amide bonds. The number of carbonyl (C=O) groups is 11. The molecule has 3 rings (SSSR count). The Morgan fingerprint density at radius 3 is 2.06 bits per heavy atom. The van der Waals surface area contributed by atoms with Gasteiger partial charge in [-0.05, 0) is 68.1 Å². The maximum Gasteiger partial charge on any atom is 0.245 e. The van der Waals surface area contributed by atoms with Gasteiger partial charge >= 0.3 is 0 Å². The van der Waals surface area contributed by atoms with Crippen molar-refractivity contribution in [1.82, 2.24) is 47.4 Å². The fourth-order valence-electron chi connectivity index (χ4n) is 7.74. The van der Waals surface area contributed by atoms with Crippen molar-refractivity contribution in [2.75, 3.05) is 25.4 Å². The molecular weight excluding hydrogens is 899 g/mol. The molecule has 0 radical (unpaired) electrons. The van der Waals surface area contributed by atoms with Gasteiger partial charge in [-0.3, -0.25) is 52.7 Å². The highest BCUT2D eigenvalue weighted by atomic mass is 16.2. The summed E-state index contributed by atoms with van der Waals surface area (Å²) < 4.78 is 0. The van der Waals surface area contributed by atoms with Crippen molar-refractivity contribution >= 4 is 70.7 Å². The summed E-state index contributed by atoms with van der Waals surface area (Å²) in [5.41, 5.74) is 23.4.